The molecule has 1 saturated heterocycles. The smallest absolute Gasteiger partial charge is 0.156 e. The fraction of sp³-hybridized carbons (Fsp3) is 0.304. The number of fused-ring (bicyclic) bond motifs is 3. The number of aromatic nitrogens is 2. The highest BCUT2D eigenvalue weighted by Crippen LogP contribution is 2.71. The monoisotopic (exact) mass is 484 g/mol. The molecule has 0 spiro atoms. The predicted molar refractivity (Wildman–Crippen MR) is 127 cm³/mol. The Bertz CT molecular complexity index is 1390. The van der Waals surface area contributed by atoms with Crippen molar-refractivity contribution in [3.8, 4) is 6.07 Å². The molecule has 0 radical (unpaired) electrons. The molecule has 34 heavy (non-hydrogen) atoms. The third kappa shape index (κ3) is 2.99. The number of pyridine rings is 2. The Balaban J connectivity index is 1.58. The molecule has 3 aromatic rings. The van der Waals surface area contributed by atoms with Gasteiger partial charge >= 0.3 is 0 Å². The van der Waals surface area contributed by atoms with Gasteiger partial charge in [0.1, 0.15) is 40.2 Å². The third-order valence-electron chi connectivity index (χ3n) is 6.95. The van der Waals surface area contributed by atoms with E-state index in [1.165, 1.54) is 24.4 Å². The Labute approximate surface area is 195 Å². The Kier molecular flexibility index (Phi) is 5.02. The zero-order chi connectivity index (χ0) is 24.3. The van der Waals surface area contributed by atoms with Crippen molar-refractivity contribution in [2.45, 2.75) is 35.3 Å². The number of nitrogens with zero attached hydrogens (tertiary/aromatic N) is 4. The summed E-state index contributed by atoms with van der Waals surface area (Å²) in [6.45, 7) is 0.560. The van der Waals surface area contributed by atoms with Crippen molar-refractivity contribution >= 4 is 38.8 Å². The van der Waals surface area contributed by atoms with Gasteiger partial charge in [-0.2, -0.15) is 15.9 Å². The number of anilines is 2. The lowest BCUT2D eigenvalue weighted by molar-refractivity contribution is 0.368. The van der Waals surface area contributed by atoms with Crippen molar-refractivity contribution in [3.63, 3.8) is 0 Å². The summed E-state index contributed by atoms with van der Waals surface area (Å²) in [6, 6.07) is 9.74. The Morgan fingerprint density at radius 3 is 2.82 bits per heavy atom. The molecule has 2 aliphatic heterocycles. The second-order valence-corrected chi connectivity index (χ2v) is 11.3. The number of nitrogens with two attached hydrogens (primary N) is 1. The second kappa shape index (κ2) is 7.59. The molecule has 5 rings (SSSR count). The average Bonchev–Trinajstić information content (AvgIpc) is 3.03. The lowest BCUT2D eigenvalue weighted by Gasteiger charge is -2.54. The van der Waals surface area contributed by atoms with Crippen LogP contribution < -0.4 is 11.1 Å². The van der Waals surface area contributed by atoms with E-state index in [1.807, 2.05) is 6.07 Å². The van der Waals surface area contributed by atoms with Crippen LogP contribution in [0, 0.1) is 17.1 Å². The van der Waals surface area contributed by atoms with Crippen LogP contribution in [0.15, 0.2) is 47.7 Å². The van der Waals surface area contributed by atoms with Gasteiger partial charge in [-0.05, 0) is 50.1 Å². The number of hydrogen-bond donors (Lipinski definition) is 4. The summed E-state index contributed by atoms with van der Waals surface area (Å²) < 4.78 is 49.5. The van der Waals surface area contributed by atoms with Crippen LogP contribution in [0.1, 0.15) is 30.9 Å². The maximum absolute atomic E-state index is 15.1. The summed E-state index contributed by atoms with van der Waals surface area (Å²) in [4.78, 5) is 13.1. The van der Waals surface area contributed by atoms with Gasteiger partial charge in [0.15, 0.2) is 5.82 Å². The number of nitrogens with one attached hydrogen (secondary N) is 1. The molecule has 2 bridgehead atoms. The zero-order valence-electron chi connectivity index (χ0n) is 18.2. The highest BCUT2D eigenvalue weighted by molar-refractivity contribution is 8.26. The summed E-state index contributed by atoms with van der Waals surface area (Å²) in [6.07, 6.45) is 3.39. The predicted octanol–water partition coefficient (Wildman–Crippen LogP) is 4.59. The molecule has 176 valence electrons. The van der Waals surface area contributed by atoms with Gasteiger partial charge in [-0.15, -0.1) is 0 Å². The van der Waals surface area contributed by atoms with Crippen LogP contribution in [0.3, 0.4) is 0 Å². The molecule has 8 nitrogen and oxygen atoms in total. The van der Waals surface area contributed by atoms with E-state index in [-0.39, 0.29) is 24.2 Å². The highest BCUT2D eigenvalue weighted by Gasteiger charge is 2.65. The molecule has 4 heterocycles. The van der Waals surface area contributed by atoms with Crippen LogP contribution in [0.2, 0.25) is 0 Å². The number of hydrogen-bond acceptors (Lipinski definition) is 8. The average molecular weight is 485 g/mol. The SMILES string of the molecule is C[C@]1(c2cc(Nc3nccc4cc(C#N)cnc34)ccc2F)N=C(N)[C@@]2(CF)CC[C@@H]1S2(O)O. The van der Waals surface area contributed by atoms with Crippen molar-refractivity contribution in [1.29, 1.82) is 5.26 Å². The Morgan fingerprint density at radius 1 is 1.29 bits per heavy atom. The maximum Gasteiger partial charge on any atom is 0.156 e. The van der Waals surface area contributed by atoms with E-state index in [4.69, 9.17) is 11.0 Å². The van der Waals surface area contributed by atoms with Crippen LogP contribution in [-0.2, 0) is 5.54 Å². The van der Waals surface area contributed by atoms with Gasteiger partial charge in [0, 0.05) is 29.0 Å². The molecule has 1 fully saturated rings. The molecule has 0 saturated carbocycles. The molecule has 1 aromatic carbocycles. The first kappa shape index (κ1) is 22.5. The quantitative estimate of drug-likeness (QED) is 0.424. The molecule has 0 amide bonds. The standard InChI is InChI=1S/C23H22F2N6O2S/c1-22(18-4-6-23(12-24,21(27)31-22)34(18,32)33)16-9-15(2-3-17(16)25)30-20-19-14(5-7-28-20)8-13(10-26)11-29-19/h2-3,5,7-9,11,18,32-33H,4,6,12H2,1H3,(H2,27,31)(H,28,30)/t18-,22+,23-/m0/s1. The zero-order valence-corrected chi connectivity index (χ0v) is 19.0. The molecule has 11 heteroatoms. The summed E-state index contributed by atoms with van der Waals surface area (Å²) in [7, 11) is -3.54. The van der Waals surface area contributed by atoms with Crippen LogP contribution in [0.4, 0.5) is 20.3 Å². The second-order valence-electron chi connectivity index (χ2n) is 8.78. The van der Waals surface area contributed by atoms with Crippen molar-refractivity contribution < 1.29 is 17.9 Å². The van der Waals surface area contributed by atoms with E-state index in [0.717, 1.165) is 0 Å². The first-order valence-corrected chi connectivity index (χ1v) is 12.2. The third-order valence-corrected chi connectivity index (χ3v) is 10.1. The highest BCUT2D eigenvalue weighted by atomic mass is 32.3. The number of aliphatic imine (C=N–C) groups is 1. The molecular weight excluding hydrogens is 462 g/mol. The number of rotatable bonds is 4. The van der Waals surface area contributed by atoms with E-state index in [1.54, 1.807) is 25.3 Å². The fourth-order valence-electron chi connectivity index (χ4n) is 5.05. The van der Waals surface area contributed by atoms with Crippen molar-refractivity contribution in [3.05, 3.63) is 59.7 Å². The minimum absolute atomic E-state index is 0.111. The van der Waals surface area contributed by atoms with Gasteiger partial charge < -0.3 is 11.1 Å². The van der Waals surface area contributed by atoms with E-state index in [0.29, 0.717) is 28.0 Å². The van der Waals surface area contributed by atoms with Gasteiger partial charge in [-0.25, -0.2) is 13.8 Å². The van der Waals surface area contributed by atoms with Gasteiger partial charge in [-0.1, -0.05) is 0 Å². The lowest BCUT2D eigenvalue weighted by atomic mass is 9.86. The molecule has 2 aromatic heterocycles. The van der Waals surface area contributed by atoms with Crippen LogP contribution >= 0.6 is 10.6 Å². The number of benzene rings is 1. The van der Waals surface area contributed by atoms with Gasteiger partial charge in [-0.3, -0.25) is 19.1 Å². The topological polar surface area (TPSA) is 140 Å². The normalized spacial score (nSPS) is 28.2. The van der Waals surface area contributed by atoms with Gasteiger partial charge in [0.2, 0.25) is 0 Å². The summed E-state index contributed by atoms with van der Waals surface area (Å²) >= 11 is 0. The number of nitriles is 1. The van der Waals surface area contributed by atoms with Crippen molar-refractivity contribution in [1.82, 2.24) is 9.97 Å². The molecule has 5 N–H and O–H groups in total. The van der Waals surface area contributed by atoms with E-state index in [2.05, 4.69) is 20.3 Å². The molecule has 3 atom stereocenters. The Morgan fingerprint density at radius 2 is 2.09 bits per heavy atom. The maximum atomic E-state index is 15.1. The Hall–Kier alpha value is -3.33. The van der Waals surface area contributed by atoms with E-state index < -0.39 is 38.6 Å². The largest absolute Gasteiger partial charge is 0.386 e. The van der Waals surface area contributed by atoms with E-state index in [9.17, 15) is 13.5 Å². The van der Waals surface area contributed by atoms with Crippen LogP contribution in [-0.4, -0.2) is 41.6 Å². The van der Waals surface area contributed by atoms with Gasteiger partial charge in [0.25, 0.3) is 0 Å². The minimum Gasteiger partial charge on any atom is -0.386 e. The first-order chi connectivity index (χ1) is 16.2. The number of halogens is 2. The molecule has 0 aliphatic carbocycles. The van der Waals surface area contributed by atoms with Gasteiger partial charge in [0.05, 0.1) is 10.8 Å². The van der Waals surface area contributed by atoms with Crippen LogP contribution in [0.5, 0.6) is 0 Å². The lowest BCUT2D eigenvalue weighted by Crippen LogP contribution is -2.55. The number of amidine groups is 1. The number of alkyl halides is 1. The summed E-state index contributed by atoms with van der Waals surface area (Å²) in [5, 5.41) is 12.1. The minimum atomic E-state index is -3.54. The van der Waals surface area contributed by atoms with Crippen molar-refractivity contribution in [2.24, 2.45) is 10.7 Å². The fourth-order valence-corrected chi connectivity index (χ4v) is 7.79. The molecular formula is C23H22F2N6O2S. The molecule has 0 unspecified atom stereocenters. The van der Waals surface area contributed by atoms with E-state index >= 15 is 4.39 Å². The first-order valence-electron chi connectivity index (χ1n) is 10.6. The van der Waals surface area contributed by atoms with Crippen molar-refractivity contribution in [2.75, 3.05) is 12.0 Å². The summed E-state index contributed by atoms with van der Waals surface area (Å²) in [5.74, 6) is -0.391. The summed E-state index contributed by atoms with van der Waals surface area (Å²) in [5.41, 5.74) is 6.20. The van der Waals surface area contributed by atoms with Crippen LogP contribution in [0.25, 0.3) is 10.9 Å². The molecule has 2 aliphatic rings.